The van der Waals surface area contributed by atoms with Crippen LogP contribution in [0.5, 0.6) is 17.2 Å². The minimum absolute atomic E-state index is 0.135. The van der Waals surface area contributed by atoms with Gasteiger partial charge in [0.15, 0.2) is 9.84 Å². The average Bonchev–Trinajstić information content (AvgIpc) is 2.54. The lowest BCUT2D eigenvalue weighted by atomic mass is 10.1. The smallest absolute Gasteiger partial charge is 0.175 e. The number of halogens is 1. The van der Waals surface area contributed by atoms with Crippen molar-refractivity contribution in [1.29, 1.82) is 0 Å². The second-order valence-corrected chi connectivity index (χ2v) is 7.32. The van der Waals surface area contributed by atoms with E-state index in [1.807, 2.05) is 0 Å². The van der Waals surface area contributed by atoms with Gasteiger partial charge in [0.05, 0.1) is 25.5 Å². The van der Waals surface area contributed by atoms with Crippen LogP contribution in [0.2, 0.25) is 5.02 Å². The van der Waals surface area contributed by atoms with Crippen molar-refractivity contribution in [3.63, 3.8) is 0 Å². The summed E-state index contributed by atoms with van der Waals surface area (Å²) in [6.07, 6.45) is 1.30. The molecule has 1 N–H and O–H groups in total. The molecular formula is C17H17ClO5S. The number of aromatic hydroxyl groups is 1. The van der Waals surface area contributed by atoms with Gasteiger partial charge in [-0.25, -0.2) is 8.42 Å². The first kappa shape index (κ1) is 18.2. The molecule has 2 rings (SSSR count). The average molecular weight is 369 g/mol. The van der Waals surface area contributed by atoms with Crippen molar-refractivity contribution in [2.75, 3.05) is 14.2 Å². The van der Waals surface area contributed by atoms with E-state index in [1.165, 1.54) is 26.4 Å². The third kappa shape index (κ3) is 4.66. The van der Waals surface area contributed by atoms with Gasteiger partial charge in [0.1, 0.15) is 17.2 Å². The highest BCUT2D eigenvalue weighted by molar-refractivity contribution is 7.93. The summed E-state index contributed by atoms with van der Waals surface area (Å²) in [4.78, 5) is 0. The number of phenols is 1. The third-order valence-corrected chi connectivity index (χ3v) is 4.81. The first-order valence-electron chi connectivity index (χ1n) is 6.95. The van der Waals surface area contributed by atoms with Crippen LogP contribution in [0.25, 0.3) is 6.08 Å². The lowest BCUT2D eigenvalue weighted by Gasteiger charge is -2.09. The summed E-state index contributed by atoms with van der Waals surface area (Å²) in [6, 6.07) is 9.51. The molecule has 0 amide bonds. The molecule has 128 valence electrons. The molecule has 0 saturated heterocycles. The van der Waals surface area contributed by atoms with E-state index in [4.69, 9.17) is 21.1 Å². The number of ether oxygens (including phenoxy) is 2. The molecule has 5 nitrogen and oxygen atoms in total. The van der Waals surface area contributed by atoms with E-state index in [-0.39, 0.29) is 17.1 Å². The second-order valence-electron chi connectivity index (χ2n) is 5.00. The van der Waals surface area contributed by atoms with E-state index in [0.717, 1.165) is 5.41 Å². The molecule has 2 aromatic rings. The summed E-state index contributed by atoms with van der Waals surface area (Å²) >= 11 is 5.78. The van der Waals surface area contributed by atoms with Crippen molar-refractivity contribution >= 4 is 27.5 Å². The van der Waals surface area contributed by atoms with Crippen molar-refractivity contribution in [3.8, 4) is 17.2 Å². The number of sulfone groups is 1. The number of benzene rings is 2. The fourth-order valence-electron chi connectivity index (χ4n) is 2.07. The molecule has 0 fully saturated rings. The maximum atomic E-state index is 12.2. The Morgan fingerprint density at radius 2 is 1.79 bits per heavy atom. The van der Waals surface area contributed by atoms with Crippen molar-refractivity contribution in [1.82, 2.24) is 0 Å². The van der Waals surface area contributed by atoms with Gasteiger partial charge in [0, 0.05) is 22.6 Å². The Hall–Kier alpha value is -2.18. The van der Waals surface area contributed by atoms with Gasteiger partial charge < -0.3 is 14.6 Å². The Bertz CT molecular complexity index is 842. The molecule has 0 saturated carbocycles. The largest absolute Gasteiger partial charge is 0.507 e. The highest BCUT2D eigenvalue weighted by Crippen LogP contribution is 2.34. The van der Waals surface area contributed by atoms with Crippen molar-refractivity contribution in [2.24, 2.45) is 0 Å². The molecule has 0 aliphatic carbocycles. The molecule has 0 aliphatic heterocycles. The van der Waals surface area contributed by atoms with Gasteiger partial charge in [-0.15, -0.1) is 0 Å². The summed E-state index contributed by atoms with van der Waals surface area (Å²) < 4.78 is 34.6. The fraction of sp³-hybridized carbons (Fsp3) is 0.176. The van der Waals surface area contributed by atoms with E-state index < -0.39 is 9.84 Å². The molecule has 0 atom stereocenters. The number of methoxy groups -OCH3 is 2. The maximum absolute atomic E-state index is 12.2. The van der Waals surface area contributed by atoms with Crippen LogP contribution in [0.15, 0.2) is 41.8 Å². The molecule has 0 heterocycles. The topological polar surface area (TPSA) is 72.8 Å². The first-order valence-corrected chi connectivity index (χ1v) is 9.04. The SMILES string of the molecule is COc1cc(O)c(C=CS(=O)(=O)Cc2ccc(Cl)cc2)c(OC)c1. The minimum atomic E-state index is -3.52. The van der Waals surface area contributed by atoms with Crippen molar-refractivity contribution < 1.29 is 23.0 Å². The van der Waals surface area contributed by atoms with Gasteiger partial charge >= 0.3 is 0 Å². The van der Waals surface area contributed by atoms with Crippen LogP contribution in [-0.2, 0) is 15.6 Å². The highest BCUT2D eigenvalue weighted by Gasteiger charge is 2.12. The van der Waals surface area contributed by atoms with Crippen LogP contribution in [0.1, 0.15) is 11.1 Å². The zero-order chi connectivity index (χ0) is 17.7. The van der Waals surface area contributed by atoms with Crippen LogP contribution < -0.4 is 9.47 Å². The van der Waals surface area contributed by atoms with Gasteiger partial charge in [0.2, 0.25) is 0 Å². The Labute approximate surface area is 146 Å². The summed E-state index contributed by atoms with van der Waals surface area (Å²) in [7, 11) is -0.642. The molecule has 0 radical (unpaired) electrons. The van der Waals surface area contributed by atoms with Crippen LogP contribution in [0.4, 0.5) is 0 Å². The maximum Gasteiger partial charge on any atom is 0.175 e. The highest BCUT2D eigenvalue weighted by atomic mass is 35.5. The van der Waals surface area contributed by atoms with E-state index in [0.29, 0.717) is 22.1 Å². The standard InChI is InChI=1S/C17H17ClO5S/c1-22-14-9-16(19)15(17(10-14)23-2)7-8-24(20,21)11-12-3-5-13(18)6-4-12/h3-10,19H,11H2,1-2H3. The van der Waals surface area contributed by atoms with Crippen molar-refractivity contribution in [3.05, 3.63) is 58.0 Å². The zero-order valence-electron chi connectivity index (χ0n) is 13.2. The van der Waals surface area contributed by atoms with E-state index in [9.17, 15) is 13.5 Å². The van der Waals surface area contributed by atoms with Crippen LogP contribution in [0.3, 0.4) is 0 Å². The van der Waals surface area contributed by atoms with E-state index in [1.54, 1.807) is 30.3 Å². The molecule has 0 unspecified atom stereocenters. The molecular weight excluding hydrogens is 352 g/mol. The molecule has 0 bridgehead atoms. The minimum Gasteiger partial charge on any atom is -0.507 e. The lowest BCUT2D eigenvalue weighted by molar-refractivity contribution is 0.384. The number of hydrogen-bond acceptors (Lipinski definition) is 5. The first-order chi connectivity index (χ1) is 11.3. The third-order valence-electron chi connectivity index (χ3n) is 3.27. The molecule has 0 aliphatic rings. The zero-order valence-corrected chi connectivity index (χ0v) is 14.8. The molecule has 0 aromatic heterocycles. The Morgan fingerprint density at radius 3 is 2.38 bits per heavy atom. The Morgan fingerprint density at radius 1 is 1.12 bits per heavy atom. The summed E-state index contributed by atoms with van der Waals surface area (Å²) in [5.41, 5.74) is 0.882. The van der Waals surface area contributed by atoms with Gasteiger partial charge in [-0.3, -0.25) is 0 Å². The normalized spacial score (nSPS) is 11.6. The Balaban J connectivity index is 2.27. The van der Waals surface area contributed by atoms with Crippen LogP contribution in [-0.4, -0.2) is 27.7 Å². The van der Waals surface area contributed by atoms with Gasteiger partial charge in [-0.2, -0.15) is 0 Å². The second kappa shape index (κ2) is 7.59. The quantitative estimate of drug-likeness (QED) is 0.842. The monoisotopic (exact) mass is 368 g/mol. The predicted octanol–water partition coefficient (Wildman–Crippen LogP) is 3.65. The van der Waals surface area contributed by atoms with E-state index in [2.05, 4.69) is 0 Å². The number of hydrogen-bond donors (Lipinski definition) is 1. The summed E-state index contributed by atoms with van der Waals surface area (Å²) in [5, 5.41) is 11.6. The molecule has 2 aromatic carbocycles. The Kier molecular flexibility index (Phi) is 5.75. The summed E-state index contributed by atoms with van der Waals surface area (Å²) in [6.45, 7) is 0. The van der Waals surface area contributed by atoms with Gasteiger partial charge in [-0.1, -0.05) is 23.7 Å². The van der Waals surface area contributed by atoms with Crippen LogP contribution in [0, 0.1) is 0 Å². The van der Waals surface area contributed by atoms with Gasteiger partial charge in [-0.05, 0) is 23.8 Å². The lowest BCUT2D eigenvalue weighted by Crippen LogP contribution is -2.00. The van der Waals surface area contributed by atoms with Crippen LogP contribution >= 0.6 is 11.6 Å². The van der Waals surface area contributed by atoms with E-state index >= 15 is 0 Å². The van der Waals surface area contributed by atoms with Gasteiger partial charge in [0.25, 0.3) is 0 Å². The predicted molar refractivity (Wildman–Crippen MR) is 94.3 cm³/mol. The number of phenolic OH excluding ortho intramolecular Hbond substituents is 1. The molecule has 24 heavy (non-hydrogen) atoms. The van der Waals surface area contributed by atoms with Crippen molar-refractivity contribution in [2.45, 2.75) is 5.75 Å². The fourth-order valence-corrected chi connectivity index (χ4v) is 3.30. The summed E-state index contributed by atoms with van der Waals surface area (Å²) in [5.74, 6) is 0.416. The molecule has 7 heteroatoms. The molecule has 0 spiro atoms. The number of rotatable bonds is 6.